The van der Waals surface area contributed by atoms with Crippen molar-refractivity contribution in [3.63, 3.8) is 0 Å². The van der Waals surface area contributed by atoms with Crippen molar-refractivity contribution in [2.75, 3.05) is 18.4 Å². The molecule has 2 N–H and O–H groups in total. The van der Waals surface area contributed by atoms with Crippen LogP contribution in [-0.4, -0.2) is 35.1 Å². The third kappa shape index (κ3) is 4.05. The normalized spacial score (nSPS) is 14.9. The van der Waals surface area contributed by atoms with Gasteiger partial charge in [-0.25, -0.2) is 18.0 Å². The number of carbonyl (C=O) groups is 2. The molecule has 2 aromatic carbocycles. The van der Waals surface area contributed by atoms with Crippen LogP contribution in [0.25, 0.3) is 11.1 Å². The van der Waals surface area contributed by atoms with Gasteiger partial charge in [0.25, 0.3) is 0 Å². The van der Waals surface area contributed by atoms with Crippen molar-refractivity contribution < 1.29 is 27.9 Å². The molecule has 0 aliphatic carbocycles. The van der Waals surface area contributed by atoms with Gasteiger partial charge in [-0.2, -0.15) is 0 Å². The van der Waals surface area contributed by atoms with E-state index in [1.54, 1.807) is 24.3 Å². The molecule has 0 bridgehead atoms. The molecule has 0 radical (unpaired) electrons. The minimum absolute atomic E-state index is 0.0897. The van der Waals surface area contributed by atoms with Gasteiger partial charge in [-0.3, -0.25) is 4.79 Å². The number of carboxylic acids is 1. The van der Waals surface area contributed by atoms with Crippen molar-refractivity contribution in [2.24, 2.45) is 5.92 Å². The zero-order chi connectivity index (χ0) is 19.6. The molecule has 5 nitrogen and oxygen atoms in total. The molecular formula is C19H17F3N2O3. The van der Waals surface area contributed by atoms with Crippen molar-refractivity contribution in [3.8, 4) is 11.1 Å². The first-order chi connectivity index (χ1) is 12.9. The van der Waals surface area contributed by atoms with Gasteiger partial charge in [0.1, 0.15) is 0 Å². The van der Waals surface area contributed by atoms with Gasteiger partial charge in [0, 0.05) is 18.7 Å². The maximum absolute atomic E-state index is 13.6. The number of urea groups is 1. The molecule has 0 saturated carbocycles. The van der Waals surface area contributed by atoms with E-state index in [1.807, 2.05) is 0 Å². The van der Waals surface area contributed by atoms with E-state index in [0.29, 0.717) is 37.2 Å². The summed E-state index contributed by atoms with van der Waals surface area (Å²) in [6.45, 7) is 0.593. The number of halogens is 3. The quantitative estimate of drug-likeness (QED) is 0.790. The smallest absolute Gasteiger partial charge is 0.321 e. The number of piperidine rings is 1. The van der Waals surface area contributed by atoms with Gasteiger partial charge in [-0.1, -0.05) is 18.2 Å². The van der Waals surface area contributed by atoms with Gasteiger partial charge in [-0.15, -0.1) is 0 Å². The lowest BCUT2D eigenvalue weighted by Crippen LogP contribution is -2.42. The summed E-state index contributed by atoms with van der Waals surface area (Å²) in [5, 5.41) is 11.7. The van der Waals surface area contributed by atoms with Gasteiger partial charge in [0.05, 0.1) is 11.6 Å². The number of para-hydroxylation sites is 1. The Bertz CT molecular complexity index is 857. The number of carboxylic acid groups (broad SMARTS) is 1. The van der Waals surface area contributed by atoms with Crippen molar-refractivity contribution in [2.45, 2.75) is 12.8 Å². The van der Waals surface area contributed by atoms with Crippen molar-refractivity contribution in [1.29, 1.82) is 0 Å². The first-order valence-corrected chi connectivity index (χ1v) is 8.39. The van der Waals surface area contributed by atoms with Gasteiger partial charge in [0.15, 0.2) is 17.5 Å². The van der Waals surface area contributed by atoms with E-state index in [-0.39, 0.29) is 5.56 Å². The zero-order valence-corrected chi connectivity index (χ0v) is 14.2. The maximum Gasteiger partial charge on any atom is 0.321 e. The lowest BCUT2D eigenvalue weighted by Gasteiger charge is -2.30. The summed E-state index contributed by atoms with van der Waals surface area (Å²) in [5.74, 6) is -5.53. The lowest BCUT2D eigenvalue weighted by atomic mass is 9.97. The molecule has 1 aliphatic rings. The Morgan fingerprint density at radius 3 is 2.22 bits per heavy atom. The molecule has 0 atom stereocenters. The van der Waals surface area contributed by atoms with Crippen LogP contribution in [0.15, 0.2) is 36.4 Å². The Labute approximate surface area is 153 Å². The second kappa shape index (κ2) is 7.69. The predicted molar refractivity (Wildman–Crippen MR) is 92.7 cm³/mol. The molecule has 1 aliphatic heterocycles. The van der Waals surface area contributed by atoms with Crippen LogP contribution in [0.4, 0.5) is 23.7 Å². The SMILES string of the molecule is O=C(O)C1CCN(C(=O)Nc2ccccc2-c2cc(F)c(F)c(F)c2)CC1. The first kappa shape index (κ1) is 18.8. The van der Waals surface area contributed by atoms with Crippen LogP contribution in [0.5, 0.6) is 0 Å². The highest BCUT2D eigenvalue weighted by molar-refractivity contribution is 5.94. The maximum atomic E-state index is 13.6. The predicted octanol–water partition coefficient (Wildman–Crippen LogP) is 4.10. The summed E-state index contributed by atoms with van der Waals surface area (Å²) in [6.07, 6.45) is 0.720. The number of hydrogen-bond donors (Lipinski definition) is 2. The number of hydrogen-bond acceptors (Lipinski definition) is 2. The molecule has 1 heterocycles. The second-order valence-electron chi connectivity index (χ2n) is 6.33. The standard InChI is InChI=1S/C19H17F3N2O3/c20-14-9-12(10-15(21)17(14)22)13-3-1-2-4-16(13)23-19(27)24-7-5-11(6-8-24)18(25)26/h1-4,9-11H,5-8H2,(H,23,27)(H,25,26). The summed E-state index contributed by atoms with van der Waals surface area (Å²) < 4.78 is 40.3. The van der Waals surface area contributed by atoms with Crippen molar-refractivity contribution in [1.82, 2.24) is 4.90 Å². The van der Waals surface area contributed by atoms with E-state index in [9.17, 15) is 22.8 Å². The number of likely N-dealkylation sites (tertiary alicyclic amines) is 1. The number of benzene rings is 2. The fraction of sp³-hybridized carbons (Fsp3) is 0.263. The van der Waals surface area contributed by atoms with E-state index in [0.717, 1.165) is 12.1 Å². The second-order valence-corrected chi connectivity index (χ2v) is 6.33. The topological polar surface area (TPSA) is 69.6 Å². The molecule has 3 rings (SSSR count). The molecule has 1 saturated heterocycles. The van der Waals surface area contributed by atoms with E-state index >= 15 is 0 Å². The fourth-order valence-electron chi connectivity index (χ4n) is 3.08. The Balaban J connectivity index is 1.79. The third-order valence-electron chi connectivity index (χ3n) is 4.59. The molecule has 0 aromatic heterocycles. The Kier molecular flexibility index (Phi) is 5.34. The van der Waals surface area contributed by atoms with Crippen LogP contribution in [0, 0.1) is 23.4 Å². The minimum atomic E-state index is -1.55. The molecule has 0 spiro atoms. The first-order valence-electron chi connectivity index (χ1n) is 8.39. The van der Waals surface area contributed by atoms with Crippen LogP contribution in [-0.2, 0) is 4.79 Å². The average Bonchev–Trinajstić information content (AvgIpc) is 2.66. The number of carbonyl (C=O) groups excluding carboxylic acids is 1. The van der Waals surface area contributed by atoms with E-state index in [1.165, 1.54) is 4.90 Å². The highest BCUT2D eigenvalue weighted by Crippen LogP contribution is 2.30. The van der Waals surface area contributed by atoms with Gasteiger partial charge < -0.3 is 15.3 Å². The van der Waals surface area contributed by atoms with Crippen molar-refractivity contribution in [3.05, 3.63) is 53.8 Å². The molecule has 142 valence electrons. The number of anilines is 1. The highest BCUT2D eigenvalue weighted by Gasteiger charge is 2.27. The zero-order valence-electron chi connectivity index (χ0n) is 14.2. The number of amides is 2. The van der Waals surface area contributed by atoms with Gasteiger partial charge in [-0.05, 0) is 36.6 Å². The summed E-state index contributed by atoms with van der Waals surface area (Å²) in [7, 11) is 0. The molecule has 0 unspecified atom stereocenters. The third-order valence-corrected chi connectivity index (χ3v) is 4.59. The van der Waals surface area contributed by atoms with Gasteiger partial charge >= 0.3 is 12.0 Å². The minimum Gasteiger partial charge on any atom is -0.481 e. The van der Waals surface area contributed by atoms with E-state index < -0.39 is 35.4 Å². The summed E-state index contributed by atoms with van der Waals surface area (Å²) in [6, 6.07) is 7.68. The Morgan fingerprint density at radius 1 is 1.04 bits per heavy atom. The average molecular weight is 378 g/mol. The molecule has 27 heavy (non-hydrogen) atoms. The Hall–Kier alpha value is -3.03. The lowest BCUT2D eigenvalue weighted by molar-refractivity contribution is -0.143. The molecule has 1 fully saturated rings. The van der Waals surface area contributed by atoms with Crippen LogP contribution in [0.3, 0.4) is 0 Å². The molecular weight excluding hydrogens is 361 g/mol. The summed E-state index contributed by atoms with van der Waals surface area (Å²) >= 11 is 0. The highest BCUT2D eigenvalue weighted by atomic mass is 19.2. The van der Waals surface area contributed by atoms with Gasteiger partial charge in [0.2, 0.25) is 0 Å². The monoisotopic (exact) mass is 378 g/mol. The van der Waals surface area contributed by atoms with E-state index in [4.69, 9.17) is 5.11 Å². The molecule has 2 amide bonds. The van der Waals surface area contributed by atoms with E-state index in [2.05, 4.69) is 5.32 Å². The summed E-state index contributed by atoms with van der Waals surface area (Å²) in [4.78, 5) is 25.0. The molecule has 2 aromatic rings. The summed E-state index contributed by atoms with van der Waals surface area (Å²) in [5.41, 5.74) is 0.740. The number of nitrogens with zero attached hydrogens (tertiary/aromatic N) is 1. The van der Waals surface area contributed by atoms with Crippen LogP contribution in [0.1, 0.15) is 12.8 Å². The largest absolute Gasteiger partial charge is 0.481 e. The Morgan fingerprint density at radius 2 is 1.63 bits per heavy atom. The van der Waals surface area contributed by atoms with Crippen LogP contribution in [0.2, 0.25) is 0 Å². The fourth-order valence-corrected chi connectivity index (χ4v) is 3.08. The molecule has 8 heteroatoms. The number of rotatable bonds is 3. The number of nitrogens with one attached hydrogen (secondary N) is 1. The van der Waals surface area contributed by atoms with Crippen LogP contribution < -0.4 is 5.32 Å². The van der Waals surface area contributed by atoms with Crippen LogP contribution >= 0.6 is 0 Å². The van der Waals surface area contributed by atoms with Crippen molar-refractivity contribution >= 4 is 17.7 Å². The number of aliphatic carboxylic acids is 1.